The summed E-state index contributed by atoms with van der Waals surface area (Å²) in [5.74, 6) is -0.101. The number of thioether (sulfide) groups is 1. The largest absolute Gasteiger partial charge is 0.390 e. The molecule has 1 rings (SSSR count). The minimum atomic E-state index is -2.33. The van der Waals surface area contributed by atoms with Crippen LogP contribution in [-0.4, -0.2) is 35.8 Å². The van der Waals surface area contributed by atoms with Gasteiger partial charge in [0.1, 0.15) is 0 Å². The van der Waals surface area contributed by atoms with Gasteiger partial charge in [0.15, 0.2) is 0 Å². The van der Waals surface area contributed by atoms with E-state index >= 15 is 0 Å². The third-order valence-electron chi connectivity index (χ3n) is 1.96. The maximum absolute atomic E-state index is 12.1. The van der Waals surface area contributed by atoms with Gasteiger partial charge in [-0.15, -0.1) is 23.4 Å². The van der Waals surface area contributed by atoms with Gasteiger partial charge in [-0.3, -0.25) is 0 Å². The van der Waals surface area contributed by atoms with Gasteiger partial charge in [0.05, 0.1) is 17.7 Å². The summed E-state index contributed by atoms with van der Waals surface area (Å²) in [7, 11) is 0. The Bertz CT molecular complexity index is 341. The molecule has 0 saturated heterocycles. The van der Waals surface area contributed by atoms with Crippen molar-refractivity contribution in [3.05, 3.63) is 24.3 Å². The number of halogens is 3. The molecular weight excluding hydrogens is 268 g/mol. The van der Waals surface area contributed by atoms with Crippen molar-refractivity contribution >= 4 is 29.1 Å². The molecule has 2 N–H and O–H groups in total. The molecule has 96 valence electrons. The Labute approximate surface area is 108 Å². The van der Waals surface area contributed by atoms with Crippen LogP contribution in [0.2, 0.25) is 0 Å². The third-order valence-corrected chi connectivity index (χ3v) is 3.40. The summed E-state index contributed by atoms with van der Waals surface area (Å²) in [6, 6.07) is 7.15. The third kappa shape index (κ3) is 5.57. The standard InChI is InChI=1S/C11H14ClF2NOS/c12-5-8(16)6-15-9-3-1-2-4-10(9)17-7-11(13)14/h1-4,8,11,15-16H,5-7H2. The number of alkyl halides is 3. The fraction of sp³-hybridized carbons (Fsp3) is 0.455. The number of benzene rings is 1. The zero-order valence-electron chi connectivity index (χ0n) is 9.07. The Balaban J connectivity index is 2.57. The van der Waals surface area contributed by atoms with E-state index in [0.29, 0.717) is 6.54 Å². The van der Waals surface area contributed by atoms with E-state index in [9.17, 15) is 13.9 Å². The number of hydrogen-bond acceptors (Lipinski definition) is 3. The lowest BCUT2D eigenvalue weighted by Gasteiger charge is -2.13. The van der Waals surface area contributed by atoms with E-state index in [2.05, 4.69) is 5.32 Å². The normalized spacial score (nSPS) is 12.8. The number of aliphatic hydroxyl groups excluding tert-OH is 1. The van der Waals surface area contributed by atoms with Gasteiger partial charge < -0.3 is 10.4 Å². The second-order valence-corrected chi connectivity index (χ2v) is 4.76. The highest BCUT2D eigenvalue weighted by molar-refractivity contribution is 7.99. The van der Waals surface area contributed by atoms with Crippen LogP contribution in [0.1, 0.15) is 0 Å². The van der Waals surface area contributed by atoms with Crippen LogP contribution in [-0.2, 0) is 0 Å². The van der Waals surface area contributed by atoms with Crippen molar-refractivity contribution in [3.63, 3.8) is 0 Å². The zero-order chi connectivity index (χ0) is 12.7. The summed E-state index contributed by atoms with van der Waals surface area (Å²) >= 11 is 6.55. The fourth-order valence-electron chi connectivity index (χ4n) is 1.17. The second-order valence-electron chi connectivity index (χ2n) is 3.39. The van der Waals surface area contributed by atoms with Gasteiger partial charge in [-0.2, -0.15) is 0 Å². The SMILES string of the molecule is OC(CCl)CNc1ccccc1SCC(F)F. The van der Waals surface area contributed by atoms with Gasteiger partial charge in [0.2, 0.25) is 6.43 Å². The number of anilines is 1. The van der Waals surface area contributed by atoms with Crippen LogP contribution in [0, 0.1) is 0 Å². The lowest BCUT2D eigenvalue weighted by atomic mass is 10.3. The Kier molecular flexibility index (Phi) is 6.62. The quantitative estimate of drug-likeness (QED) is 0.595. The highest BCUT2D eigenvalue weighted by Gasteiger charge is 2.08. The highest BCUT2D eigenvalue weighted by Crippen LogP contribution is 2.28. The molecule has 2 nitrogen and oxygen atoms in total. The van der Waals surface area contributed by atoms with Crippen LogP contribution >= 0.6 is 23.4 Å². The molecule has 0 aliphatic heterocycles. The van der Waals surface area contributed by atoms with Gasteiger partial charge >= 0.3 is 0 Å². The lowest BCUT2D eigenvalue weighted by Crippen LogP contribution is -2.21. The van der Waals surface area contributed by atoms with Crippen LogP contribution in [0.5, 0.6) is 0 Å². The van der Waals surface area contributed by atoms with Crippen LogP contribution in [0.15, 0.2) is 29.2 Å². The number of nitrogens with one attached hydrogen (secondary N) is 1. The molecule has 17 heavy (non-hydrogen) atoms. The summed E-state index contributed by atoms with van der Waals surface area (Å²) in [6.07, 6.45) is -2.98. The smallest absolute Gasteiger partial charge is 0.247 e. The van der Waals surface area contributed by atoms with Gasteiger partial charge in [-0.25, -0.2) is 8.78 Å². The minimum absolute atomic E-state index is 0.138. The molecule has 0 aromatic heterocycles. The van der Waals surface area contributed by atoms with Gasteiger partial charge in [0, 0.05) is 17.1 Å². The monoisotopic (exact) mass is 281 g/mol. The molecule has 0 aliphatic carbocycles. The van der Waals surface area contributed by atoms with Crippen molar-refractivity contribution in [1.82, 2.24) is 0 Å². The molecule has 6 heteroatoms. The van der Waals surface area contributed by atoms with Crippen LogP contribution in [0.4, 0.5) is 14.5 Å². The maximum atomic E-state index is 12.1. The Morgan fingerprint density at radius 2 is 2.06 bits per heavy atom. The molecule has 0 spiro atoms. The van der Waals surface area contributed by atoms with E-state index < -0.39 is 12.5 Å². The average molecular weight is 282 g/mol. The molecule has 1 atom stereocenters. The predicted octanol–water partition coefficient (Wildman–Crippen LogP) is 3.06. The molecule has 0 aliphatic rings. The van der Waals surface area contributed by atoms with E-state index in [4.69, 9.17) is 11.6 Å². The first-order chi connectivity index (χ1) is 8.13. The molecule has 1 aromatic rings. The Morgan fingerprint density at radius 1 is 1.35 bits per heavy atom. The molecular formula is C11H14ClF2NOS. The molecule has 1 unspecified atom stereocenters. The first-order valence-electron chi connectivity index (χ1n) is 5.11. The summed E-state index contributed by atoms with van der Waals surface area (Å²) in [5, 5.41) is 12.3. The van der Waals surface area contributed by atoms with Crippen molar-refractivity contribution < 1.29 is 13.9 Å². The van der Waals surface area contributed by atoms with Crippen molar-refractivity contribution in [1.29, 1.82) is 0 Å². The zero-order valence-corrected chi connectivity index (χ0v) is 10.6. The van der Waals surface area contributed by atoms with Gasteiger partial charge in [-0.1, -0.05) is 12.1 Å². The highest BCUT2D eigenvalue weighted by atomic mass is 35.5. The molecule has 0 bridgehead atoms. The average Bonchev–Trinajstić information content (AvgIpc) is 2.34. The Morgan fingerprint density at radius 3 is 2.71 bits per heavy atom. The number of aliphatic hydroxyl groups is 1. The van der Waals surface area contributed by atoms with Crippen LogP contribution < -0.4 is 5.32 Å². The molecule has 0 fully saturated rings. The number of rotatable bonds is 7. The molecule has 0 radical (unpaired) electrons. The summed E-state index contributed by atoms with van der Waals surface area (Å²) in [4.78, 5) is 0.745. The first kappa shape index (κ1) is 14.5. The molecule has 0 amide bonds. The van der Waals surface area contributed by atoms with Crippen molar-refractivity contribution in [2.45, 2.75) is 17.4 Å². The summed E-state index contributed by atoms with van der Waals surface area (Å²) in [6.45, 7) is 0.301. The summed E-state index contributed by atoms with van der Waals surface area (Å²) < 4.78 is 24.2. The summed E-state index contributed by atoms with van der Waals surface area (Å²) in [5.41, 5.74) is 0.738. The van der Waals surface area contributed by atoms with Gasteiger partial charge in [0.25, 0.3) is 0 Å². The lowest BCUT2D eigenvalue weighted by molar-refractivity contribution is 0.177. The van der Waals surface area contributed by atoms with Crippen molar-refractivity contribution in [3.8, 4) is 0 Å². The van der Waals surface area contributed by atoms with Gasteiger partial charge in [-0.05, 0) is 12.1 Å². The number of para-hydroxylation sites is 1. The van der Waals surface area contributed by atoms with E-state index in [1.54, 1.807) is 18.2 Å². The van der Waals surface area contributed by atoms with E-state index in [1.165, 1.54) is 0 Å². The van der Waals surface area contributed by atoms with Crippen LogP contribution in [0.25, 0.3) is 0 Å². The molecule has 0 saturated carbocycles. The van der Waals surface area contributed by atoms with E-state index in [0.717, 1.165) is 22.3 Å². The Hall–Kier alpha value is -0.520. The van der Waals surface area contributed by atoms with Crippen molar-refractivity contribution in [2.75, 3.05) is 23.5 Å². The molecule has 0 heterocycles. The first-order valence-corrected chi connectivity index (χ1v) is 6.63. The topological polar surface area (TPSA) is 32.3 Å². The fourth-order valence-corrected chi connectivity index (χ4v) is 2.06. The maximum Gasteiger partial charge on any atom is 0.247 e. The number of hydrogen-bond donors (Lipinski definition) is 2. The second kappa shape index (κ2) is 7.74. The van der Waals surface area contributed by atoms with E-state index in [1.807, 2.05) is 6.07 Å². The predicted molar refractivity (Wildman–Crippen MR) is 68.4 cm³/mol. The molecule has 1 aromatic carbocycles. The van der Waals surface area contributed by atoms with Crippen molar-refractivity contribution in [2.24, 2.45) is 0 Å². The van der Waals surface area contributed by atoms with Crippen LogP contribution in [0.3, 0.4) is 0 Å². The minimum Gasteiger partial charge on any atom is -0.390 e. The van der Waals surface area contributed by atoms with E-state index in [-0.39, 0.29) is 11.6 Å².